The summed E-state index contributed by atoms with van der Waals surface area (Å²) < 4.78 is 2.95. The lowest BCUT2D eigenvalue weighted by Gasteiger charge is -2.11. The topological polar surface area (TPSA) is 76.0 Å². The molecule has 0 aliphatic heterocycles. The zero-order chi connectivity index (χ0) is 17.5. The molecule has 0 aliphatic carbocycles. The number of hydrogen-bond donors (Lipinski definition) is 2. The van der Waals surface area contributed by atoms with Crippen molar-refractivity contribution in [3.8, 4) is 5.69 Å². The van der Waals surface area contributed by atoms with Crippen LogP contribution in [0, 0.1) is 3.95 Å². The molecule has 0 radical (unpaired) electrons. The lowest BCUT2D eigenvalue weighted by atomic mass is 10.3. The Morgan fingerprint density at radius 2 is 2.08 bits per heavy atom. The highest BCUT2D eigenvalue weighted by atomic mass is 32.2. The Morgan fingerprint density at radius 1 is 1.38 bits per heavy atom. The largest absolute Gasteiger partial charge is 0.335 e. The number of benzene rings is 1. The van der Waals surface area contributed by atoms with E-state index in [1.54, 1.807) is 4.68 Å². The van der Waals surface area contributed by atoms with E-state index in [9.17, 15) is 9.59 Å². The Labute approximate surface area is 153 Å². The molecule has 3 amide bonds. The van der Waals surface area contributed by atoms with Crippen LogP contribution in [-0.4, -0.2) is 33.5 Å². The monoisotopic (exact) mass is 382 g/mol. The number of nitrogens with one attached hydrogen (secondary N) is 2. The molecule has 24 heavy (non-hydrogen) atoms. The number of urea groups is 1. The number of aromatic nitrogens is 2. The summed E-state index contributed by atoms with van der Waals surface area (Å²) in [6, 6.07) is 9.11. The van der Waals surface area contributed by atoms with Crippen molar-refractivity contribution < 1.29 is 9.59 Å². The van der Waals surface area contributed by atoms with Crippen molar-refractivity contribution in [2.24, 2.45) is 0 Å². The molecule has 0 aliphatic rings. The van der Waals surface area contributed by atoms with Gasteiger partial charge in [0.15, 0.2) is 8.29 Å². The second-order valence-corrected chi connectivity index (χ2v) is 7.85. The maximum atomic E-state index is 11.8. The fraction of sp³-hybridized carbons (Fsp3) is 0.333. The van der Waals surface area contributed by atoms with Gasteiger partial charge in [-0.15, -0.1) is 5.10 Å². The fourth-order valence-corrected chi connectivity index (χ4v) is 3.86. The average molecular weight is 383 g/mol. The quantitative estimate of drug-likeness (QED) is 0.592. The minimum absolute atomic E-state index is 0.0250. The molecule has 0 spiro atoms. The molecule has 1 atom stereocenters. The Balaban J connectivity index is 1.90. The number of rotatable bonds is 6. The molecule has 2 aromatic rings. The molecule has 128 valence electrons. The summed E-state index contributed by atoms with van der Waals surface area (Å²) in [6.45, 7) is 3.83. The van der Waals surface area contributed by atoms with Gasteiger partial charge in [-0.2, -0.15) is 0 Å². The SMILES string of the molecule is CC[C@H](C)NC(=O)NC(=O)CSc1nn(-c2ccccc2)c(=S)s1. The van der Waals surface area contributed by atoms with Crippen LogP contribution in [0.15, 0.2) is 34.7 Å². The van der Waals surface area contributed by atoms with Gasteiger partial charge in [0, 0.05) is 6.04 Å². The molecule has 9 heteroatoms. The van der Waals surface area contributed by atoms with Crippen LogP contribution < -0.4 is 10.6 Å². The molecule has 0 saturated carbocycles. The smallest absolute Gasteiger partial charge is 0.321 e. The first kappa shape index (κ1) is 18.6. The van der Waals surface area contributed by atoms with E-state index in [1.807, 2.05) is 44.2 Å². The molecule has 1 aromatic heterocycles. The number of nitrogens with zero attached hydrogens (tertiary/aromatic N) is 2. The van der Waals surface area contributed by atoms with Gasteiger partial charge in [0.05, 0.1) is 11.4 Å². The van der Waals surface area contributed by atoms with Gasteiger partial charge >= 0.3 is 6.03 Å². The van der Waals surface area contributed by atoms with Gasteiger partial charge in [-0.1, -0.05) is 48.2 Å². The van der Waals surface area contributed by atoms with Gasteiger partial charge in [0.2, 0.25) is 5.91 Å². The van der Waals surface area contributed by atoms with E-state index in [1.165, 1.54) is 23.1 Å². The van der Waals surface area contributed by atoms with E-state index in [0.717, 1.165) is 12.1 Å². The van der Waals surface area contributed by atoms with Gasteiger partial charge in [-0.3, -0.25) is 10.1 Å². The fourth-order valence-electron chi connectivity index (χ4n) is 1.70. The van der Waals surface area contributed by atoms with Crippen LogP contribution >= 0.6 is 35.3 Å². The predicted molar refractivity (Wildman–Crippen MR) is 99.4 cm³/mol. The Morgan fingerprint density at radius 3 is 2.75 bits per heavy atom. The Hall–Kier alpha value is -1.71. The maximum absolute atomic E-state index is 11.8. The Kier molecular flexibility index (Phi) is 6.95. The minimum atomic E-state index is -0.475. The number of carbonyl (C=O) groups excluding carboxylic acids is 2. The van der Waals surface area contributed by atoms with Gasteiger partial charge < -0.3 is 5.32 Å². The second-order valence-electron chi connectivity index (χ2n) is 5.00. The maximum Gasteiger partial charge on any atom is 0.321 e. The molecule has 1 heterocycles. The van der Waals surface area contributed by atoms with Crippen LogP contribution in [0.5, 0.6) is 0 Å². The van der Waals surface area contributed by atoms with Crippen LogP contribution in [0.2, 0.25) is 0 Å². The van der Waals surface area contributed by atoms with Crippen molar-refractivity contribution in [2.75, 3.05) is 5.75 Å². The van der Waals surface area contributed by atoms with Crippen molar-refractivity contribution in [3.05, 3.63) is 34.3 Å². The van der Waals surface area contributed by atoms with Crippen molar-refractivity contribution >= 4 is 47.3 Å². The number of hydrogen-bond acceptors (Lipinski definition) is 6. The molecule has 1 aromatic carbocycles. The first-order chi connectivity index (χ1) is 11.5. The summed E-state index contributed by atoms with van der Waals surface area (Å²) in [5.41, 5.74) is 0.878. The molecule has 0 fully saturated rings. The average Bonchev–Trinajstić information content (AvgIpc) is 2.94. The number of thioether (sulfide) groups is 1. The van der Waals surface area contributed by atoms with E-state index >= 15 is 0 Å². The molecule has 2 N–H and O–H groups in total. The first-order valence-corrected chi connectivity index (χ1v) is 9.59. The van der Waals surface area contributed by atoms with Crippen LogP contribution in [0.4, 0.5) is 4.79 Å². The van der Waals surface area contributed by atoms with E-state index in [2.05, 4.69) is 15.7 Å². The van der Waals surface area contributed by atoms with Gasteiger partial charge in [0.1, 0.15) is 0 Å². The highest BCUT2D eigenvalue weighted by Crippen LogP contribution is 2.23. The van der Waals surface area contributed by atoms with Crippen LogP contribution in [-0.2, 0) is 4.79 Å². The molecule has 6 nitrogen and oxygen atoms in total. The zero-order valence-corrected chi connectivity index (χ0v) is 15.8. The van der Waals surface area contributed by atoms with Crippen molar-refractivity contribution in [2.45, 2.75) is 30.6 Å². The van der Waals surface area contributed by atoms with E-state index in [-0.39, 0.29) is 17.7 Å². The summed E-state index contributed by atoms with van der Waals surface area (Å²) in [5, 5.41) is 9.39. The summed E-state index contributed by atoms with van der Waals surface area (Å²) in [6.07, 6.45) is 0.802. The summed E-state index contributed by atoms with van der Waals surface area (Å²) >= 11 is 7.89. The predicted octanol–water partition coefficient (Wildman–Crippen LogP) is 3.38. The Bertz CT molecular complexity index is 758. The third-order valence-corrected chi connectivity index (χ3v) is 5.46. The zero-order valence-electron chi connectivity index (χ0n) is 13.3. The standard InChI is InChI=1S/C15H18N4O2S3/c1-3-10(2)16-13(21)17-12(20)9-23-14-18-19(15(22)24-14)11-7-5-4-6-8-11/h4-8,10H,3,9H2,1-2H3,(H2,16,17,20,21)/t10-/m0/s1. The number of carbonyl (C=O) groups is 2. The van der Waals surface area contributed by atoms with Crippen molar-refractivity contribution in [3.63, 3.8) is 0 Å². The van der Waals surface area contributed by atoms with Gasteiger partial charge in [-0.05, 0) is 37.7 Å². The molecule has 0 unspecified atom stereocenters. The third-order valence-electron chi connectivity index (χ3n) is 3.10. The summed E-state index contributed by atoms with van der Waals surface area (Å²) in [7, 11) is 0. The minimum Gasteiger partial charge on any atom is -0.335 e. The number of amides is 3. The highest BCUT2D eigenvalue weighted by Gasteiger charge is 2.12. The summed E-state index contributed by atoms with van der Waals surface area (Å²) in [5.74, 6) is -0.265. The molecular weight excluding hydrogens is 364 g/mol. The van der Waals surface area contributed by atoms with Crippen molar-refractivity contribution in [1.82, 2.24) is 20.4 Å². The molecule has 0 saturated heterocycles. The van der Waals surface area contributed by atoms with Crippen LogP contribution in [0.3, 0.4) is 0 Å². The summed E-state index contributed by atoms with van der Waals surface area (Å²) in [4.78, 5) is 23.4. The molecule has 2 rings (SSSR count). The van der Waals surface area contributed by atoms with Crippen molar-refractivity contribution in [1.29, 1.82) is 0 Å². The highest BCUT2D eigenvalue weighted by molar-refractivity contribution is 8.01. The van der Waals surface area contributed by atoms with E-state index in [0.29, 0.717) is 8.29 Å². The second kappa shape index (κ2) is 8.95. The lowest BCUT2D eigenvalue weighted by molar-refractivity contribution is -0.117. The van der Waals surface area contributed by atoms with E-state index in [4.69, 9.17) is 12.2 Å². The van der Waals surface area contributed by atoms with Gasteiger partial charge in [0.25, 0.3) is 0 Å². The third kappa shape index (κ3) is 5.43. The number of para-hydroxylation sites is 1. The first-order valence-electron chi connectivity index (χ1n) is 7.38. The van der Waals surface area contributed by atoms with Crippen LogP contribution in [0.25, 0.3) is 5.69 Å². The lowest BCUT2D eigenvalue weighted by Crippen LogP contribution is -2.43. The molecule has 0 bridgehead atoms. The normalized spacial score (nSPS) is 11.8. The van der Waals surface area contributed by atoms with Crippen LogP contribution in [0.1, 0.15) is 20.3 Å². The van der Waals surface area contributed by atoms with E-state index < -0.39 is 6.03 Å². The molecular formula is C15H18N4O2S3. The van der Waals surface area contributed by atoms with Gasteiger partial charge in [-0.25, -0.2) is 9.48 Å². The number of imide groups is 1.